The van der Waals surface area contributed by atoms with Crippen molar-refractivity contribution in [2.75, 3.05) is 4.90 Å². The van der Waals surface area contributed by atoms with Crippen LogP contribution in [0.5, 0.6) is 0 Å². The topological polar surface area (TPSA) is 57.6 Å². The molecule has 1 heterocycles. The second kappa shape index (κ2) is 5.67. The molecular formula is C14H13NO3S. The molecule has 0 fully saturated rings. The number of thiophene rings is 1. The maximum absolute atomic E-state index is 11.7. The molecule has 0 bridgehead atoms. The highest BCUT2D eigenvalue weighted by Crippen LogP contribution is 2.23. The van der Waals surface area contributed by atoms with E-state index < -0.39 is 5.97 Å². The number of carboxylic acids is 1. The lowest BCUT2D eigenvalue weighted by Gasteiger charge is -2.19. The number of amides is 1. The van der Waals surface area contributed by atoms with Crippen LogP contribution in [0.4, 0.5) is 5.00 Å². The Hall–Kier alpha value is -2.14. The molecule has 0 radical (unpaired) electrons. The van der Waals surface area contributed by atoms with Crippen LogP contribution >= 0.6 is 11.3 Å². The zero-order valence-corrected chi connectivity index (χ0v) is 11.2. The van der Waals surface area contributed by atoms with E-state index in [1.54, 1.807) is 29.2 Å². The number of aromatic carboxylic acids is 1. The van der Waals surface area contributed by atoms with E-state index in [0.29, 0.717) is 6.54 Å². The Balaban J connectivity index is 2.18. The number of benzene rings is 1. The smallest absolute Gasteiger partial charge is 0.335 e. The van der Waals surface area contributed by atoms with E-state index in [1.165, 1.54) is 18.3 Å². The Kier molecular flexibility index (Phi) is 3.97. The molecule has 0 saturated carbocycles. The van der Waals surface area contributed by atoms with Gasteiger partial charge in [-0.3, -0.25) is 9.69 Å². The summed E-state index contributed by atoms with van der Waals surface area (Å²) in [6.45, 7) is 1.96. The summed E-state index contributed by atoms with van der Waals surface area (Å²) in [5.74, 6) is -0.988. The van der Waals surface area contributed by atoms with Gasteiger partial charge in [0.25, 0.3) is 0 Å². The van der Waals surface area contributed by atoms with Crippen LogP contribution in [0.2, 0.25) is 0 Å². The van der Waals surface area contributed by atoms with E-state index in [9.17, 15) is 9.59 Å². The number of nitrogens with zero attached hydrogens (tertiary/aromatic N) is 1. The van der Waals surface area contributed by atoms with Gasteiger partial charge in [-0.15, -0.1) is 11.3 Å². The van der Waals surface area contributed by atoms with Crippen LogP contribution in [0.1, 0.15) is 22.8 Å². The van der Waals surface area contributed by atoms with Gasteiger partial charge in [-0.05, 0) is 35.2 Å². The predicted molar refractivity (Wildman–Crippen MR) is 74.6 cm³/mol. The van der Waals surface area contributed by atoms with E-state index in [2.05, 4.69) is 0 Å². The fraction of sp³-hybridized carbons (Fsp3) is 0.143. The van der Waals surface area contributed by atoms with Crippen LogP contribution in [0.25, 0.3) is 0 Å². The van der Waals surface area contributed by atoms with Crippen molar-refractivity contribution in [3.8, 4) is 0 Å². The van der Waals surface area contributed by atoms with Gasteiger partial charge in [0, 0.05) is 6.92 Å². The van der Waals surface area contributed by atoms with Gasteiger partial charge in [-0.1, -0.05) is 12.1 Å². The fourth-order valence-corrected chi connectivity index (χ4v) is 2.48. The number of carbonyl (C=O) groups is 2. The van der Waals surface area contributed by atoms with Crippen molar-refractivity contribution >= 4 is 28.2 Å². The predicted octanol–water partition coefficient (Wildman–Crippen LogP) is 3.00. The van der Waals surface area contributed by atoms with Gasteiger partial charge in [-0.2, -0.15) is 0 Å². The van der Waals surface area contributed by atoms with Crippen molar-refractivity contribution in [3.05, 3.63) is 52.9 Å². The number of anilines is 1. The average molecular weight is 275 g/mol. The maximum atomic E-state index is 11.7. The van der Waals surface area contributed by atoms with Gasteiger partial charge in [0.2, 0.25) is 5.91 Å². The van der Waals surface area contributed by atoms with Crippen LogP contribution in [0, 0.1) is 0 Å². The average Bonchev–Trinajstić information content (AvgIpc) is 2.89. The molecule has 0 aliphatic rings. The first-order valence-electron chi connectivity index (χ1n) is 5.72. The highest BCUT2D eigenvalue weighted by Gasteiger charge is 2.13. The van der Waals surface area contributed by atoms with Crippen molar-refractivity contribution in [1.82, 2.24) is 0 Å². The van der Waals surface area contributed by atoms with Gasteiger partial charge in [0.1, 0.15) is 0 Å². The third-order valence-electron chi connectivity index (χ3n) is 2.69. The molecule has 98 valence electrons. The second-order valence-electron chi connectivity index (χ2n) is 4.06. The lowest BCUT2D eigenvalue weighted by atomic mass is 10.1. The summed E-state index contributed by atoms with van der Waals surface area (Å²) >= 11 is 1.50. The molecule has 4 nitrogen and oxygen atoms in total. The molecule has 0 atom stereocenters. The van der Waals surface area contributed by atoms with E-state index in [4.69, 9.17) is 5.11 Å². The minimum atomic E-state index is -0.951. The fourth-order valence-electron chi connectivity index (χ4n) is 1.70. The summed E-state index contributed by atoms with van der Waals surface area (Å²) in [4.78, 5) is 24.1. The highest BCUT2D eigenvalue weighted by atomic mass is 32.1. The first-order chi connectivity index (χ1) is 9.08. The number of rotatable bonds is 4. The van der Waals surface area contributed by atoms with E-state index >= 15 is 0 Å². The zero-order valence-electron chi connectivity index (χ0n) is 10.4. The first-order valence-corrected chi connectivity index (χ1v) is 6.60. The Bertz CT molecular complexity index is 575. The second-order valence-corrected chi connectivity index (χ2v) is 4.98. The van der Waals surface area contributed by atoms with Gasteiger partial charge in [0.15, 0.2) is 0 Å². The van der Waals surface area contributed by atoms with Crippen LogP contribution < -0.4 is 4.90 Å². The molecule has 1 aromatic heterocycles. The van der Waals surface area contributed by atoms with Crippen LogP contribution in [-0.4, -0.2) is 17.0 Å². The first kappa shape index (κ1) is 13.3. The number of hydrogen-bond donors (Lipinski definition) is 1. The summed E-state index contributed by atoms with van der Waals surface area (Å²) in [5, 5.41) is 11.6. The molecular weight excluding hydrogens is 262 g/mol. The molecule has 0 saturated heterocycles. The molecule has 0 spiro atoms. The molecule has 2 rings (SSSR count). The van der Waals surface area contributed by atoms with Crippen LogP contribution in [0.15, 0.2) is 41.8 Å². The minimum absolute atomic E-state index is 0.0373. The molecule has 0 unspecified atom stereocenters. The molecule has 2 aromatic rings. The SMILES string of the molecule is CC(=O)N(Cc1ccc(C(=O)O)cc1)c1cccs1. The Morgan fingerprint density at radius 2 is 1.89 bits per heavy atom. The van der Waals surface area contributed by atoms with Gasteiger partial charge in [0.05, 0.1) is 17.1 Å². The van der Waals surface area contributed by atoms with Crippen molar-refractivity contribution in [2.45, 2.75) is 13.5 Å². The van der Waals surface area contributed by atoms with Gasteiger partial charge >= 0.3 is 5.97 Å². The van der Waals surface area contributed by atoms with Gasteiger partial charge < -0.3 is 5.11 Å². The van der Waals surface area contributed by atoms with E-state index in [-0.39, 0.29) is 11.5 Å². The third kappa shape index (κ3) is 3.20. The monoisotopic (exact) mass is 275 g/mol. The minimum Gasteiger partial charge on any atom is -0.478 e. The van der Waals surface area contributed by atoms with Crippen molar-refractivity contribution in [2.24, 2.45) is 0 Å². The summed E-state index contributed by atoms with van der Waals surface area (Å²) < 4.78 is 0. The van der Waals surface area contributed by atoms with Crippen LogP contribution in [-0.2, 0) is 11.3 Å². The maximum Gasteiger partial charge on any atom is 0.335 e. The Morgan fingerprint density at radius 1 is 1.21 bits per heavy atom. The Labute approximate surface area is 114 Å². The number of carbonyl (C=O) groups excluding carboxylic acids is 1. The van der Waals surface area contributed by atoms with Gasteiger partial charge in [-0.25, -0.2) is 4.79 Å². The molecule has 1 N–H and O–H groups in total. The molecule has 0 aliphatic carbocycles. The summed E-state index contributed by atoms with van der Waals surface area (Å²) in [7, 11) is 0. The van der Waals surface area contributed by atoms with Crippen molar-refractivity contribution in [1.29, 1.82) is 0 Å². The summed E-state index contributed by atoms with van der Waals surface area (Å²) in [6.07, 6.45) is 0. The molecule has 1 aromatic carbocycles. The summed E-state index contributed by atoms with van der Waals surface area (Å²) in [5.41, 5.74) is 1.14. The highest BCUT2D eigenvalue weighted by molar-refractivity contribution is 7.14. The van der Waals surface area contributed by atoms with Crippen molar-refractivity contribution < 1.29 is 14.7 Å². The lowest BCUT2D eigenvalue weighted by Crippen LogP contribution is -2.26. The van der Waals surface area contributed by atoms with Crippen LogP contribution in [0.3, 0.4) is 0 Å². The van der Waals surface area contributed by atoms with E-state index in [0.717, 1.165) is 10.6 Å². The molecule has 1 amide bonds. The largest absolute Gasteiger partial charge is 0.478 e. The number of hydrogen-bond acceptors (Lipinski definition) is 3. The Morgan fingerprint density at radius 3 is 2.37 bits per heavy atom. The summed E-state index contributed by atoms with van der Waals surface area (Å²) in [6, 6.07) is 10.3. The quantitative estimate of drug-likeness (QED) is 0.933. The standard InChI is InChI=1S/C14H13NO3S/c1-10(16)15(13-3-2-8-19-13)9-11-4-6-12(7-5-11)14(17)18/h2-8H,9H2,1H3,(H,17,18). The molecule has 5 heteroatoms. The lowest BCUT2D eigenvalue weighted by molar-refractivity contribution is -0.116. The number of carboxylic acid groups (broad SMARTS) is 1. The molecule has 0 aliphatic heterocycles. The zero-order chi connectivity index (χ0) is 13.8. The van der Waals surface area contributed by atoms with E-state index in [1.807, 2.05) is 17.5 Å². The third-order valence-corrected chi connectivity index (χ3v) is 3.59. The normalized spacial score (nSPS) is 10.2. The van der Waals surface area contributed by atoms with Crippen molar-refractivity contribution in [3.63, 3.8) is 0 Å². The molecule has 19 heavy (non-hydrogen) atoms.